The number of carbonyl (C=O) groups excluding carboxylic acids is 1. The van der Waals surface area contributed by atoms with Crippen LogP contribution in [0.4, 0.5) is 0 Å². The SMILES string of the molecule is CN1CCN(C(=O)CSc2nccc(-c3ccccc3)n2)CC1. The van der Waals surface area contributed by atoms with Crippen LogP contribution in [0.5, 0.6) is 0 Å². The number of carbonyl (C=O) groups is 1. The van der Waals surface area contributed by atoms with Crippen molar-refractivity contribution in [3.63, 3.8) is 0 Å². The molecule has 0 N–H and O–H groups in total. The van der Waals surface area contributed by atoms with Crippen LogP contribution in [-0.4, -0.2) is 64.7 Å². The summed E-state index contributed by atoms with van der Waals surface area (Å²) in [4.78, 5) is 25.2. The molecule has 1 amide bonds. The van der Waals surface area contributed by atoms with E-state index in [0.717, 1.165) is 37.4 Å². The van der Waals surface area contributed by atoms with Crippen molar-refractivity contribution in [3.8, 4) is 11.3 Å². The average molecular weight is 328 g/mol. The van der Waals surface area contributed by atoms with E-state index in [-0.39, 0.29) is 5.91 Å². The van der Waals surface area contributed by atoms with Crippen molar-refractivity contribution in [3.05, 3.63) is 42.6 Å². The smallest absolute Gasteiger partial charge is 0.233 e. The molecule has 0 radical (unpaired) electrons. The highest BCUT2D eigenvalue weighted by atomic mass is 32.2. The van der Waals surface area contributed by atoms with Gasteiger partial charge in [0.25, 0.3) is 0 Å². The molecule has 3 rings (SSSR count). The van der Waals surface area contributed by atoms with Gasteiger partial charge in [0.15, 0.2) is 5.16 Å². The van der Waals surface area contributed by atoms with Gasteiger partial charge < -0.3 is 9.80 Å². The number of hydrogen-bond acceptors (Lipinski definition) is 5. The molecule has 0 bridgehead atoms. The average Bonchev–Trinajstić information content (AvgIpc) is 2.61. The molecule has 2 heterocycles. The van der Waals surface area contributed by atoms with Crippen LogP contribution in [0.2, 0.25) is 0 Å². The summed E-state index contributed by atoms with van der Waals surface area (Å²) < 4.78 is 0. The van der Waals surface area contributed by atoms with Crippen LogP contribution >= 0.6 is 11.8 Å². The van der Waals surface area contributed by atoms with Crippen molar-refractivity contribution in [2.45, 2.75) is 5.16 Å². The fourth-order valence-electron chi connectivity index (χ4n) is 2.45. The third-order valence-electron chi connectivity index (χ3n) is 3.88. The van der Waals surface area contributed by atoms with Gasteiger partial charge in [-0.2, -0.15) is 0 Å². The summed E-state index contributed by atoms with van der Waals surface area (Å²) in [5.41, 5.74) is 1.94. The standard InChI is InChI=1S/C17H20N4OS/c1-20-9-11-21(12-10-20)16(22)13-23-17-18-8-7-15(19-17)14-5-3-2-4-6-14/h2-8H,9-13H2,1H3. The summed E-state index contributed by atoms with van der Waals surface area (Å²) in [6.07, 6.45) is 1.75. The summed E-state index contributed by atoms with van der Waals surface area (Å²) in [5.74, 6) is 0.555. The van der Waals surface area contributed by atoms with Crippen LogP contribution in [-0.2, 0) is 4.79 Å². The summed E-state index contributed by atoms with van der Waals surface area (Å²) in [5, 5.41) is 0.647. The normalized spacial score (nSPS) is 15.6. The van der Waals surface area contributed by atoms with Crippen LogP contribution in [0.1, 0.15) is 0 Å². The zero-order valence-corrected chi connectivity index (χ0v) is 14.0. The third-order valence-corrected chi connectivity index (χ3v) is 4.73. The van der Waals surface area contributed by atoms with Crippen LogP contribution < -0.4 is 0 Å². The predicted molar refractivity (Wildman–Crippen MR) is 92.3 cm³/mol. The minimum absolute atomic E-state index is 0.164. The second-order valence-electron chi connectivity index (χ2n) is 5.56. The van der Waals surface area contributed by atoms with Crippen molar-refractivity contribution in [1.82, 2.24) is 19.8 Å². The number of piperazine rings is 1. The molecule has 1 saturated heterocycles. The van der Waals surface area contributed by atoms with Crippen LogP contribution in [0, 0.1) is 0 Å². The highest BCUT2D eigenvalue weighted by Gasteiger charge is 2.19. The summed E-state index contributed by atoms with van der Waals surface area (Å²) in [6, 6.07) is 11.9. The highest BCUT2D eigenvalue weighted by Crippen LogP contribution is 2.20. The minimum atomic E-state index is 0.164. The number of aromatic nitrogens is 2. The minimum Gasteiger partial charge on any atom is -0.339 e. The lowest BCUT2D eigenvalue weighted by atomic mass is 10.1. The molecule has 0 aliphatic carbocycles. The van der Waals surface area contributed by atoms with E-state index in [4.69, 9.17) is 0 Å². The third kappa shape index (κ3) is 4.30. The zero-order chi connectivity index (χ0) is 16.1. The maximum atomic E-state index is 12.3. The Balaban J connectivity index is 1.59. The highest BCUT2D eigenvalue weighted by molar-refractivity contribution is 7.99. The number of thioether (sulfide) groups is 1. The molecule has 1 fully saturated rings. The fraction of sp³-hybridized carbons (Fsp3) is 0.353. The first kappa shape index (κ1) is 16.0. The van der Waals surface area contributed by atoms with Gasteiger partial charge in [-0.15, -0.1) is 0 Å². The van der Waals surface area contributed by atoms with E-state index in [0.29, 0.717) is 10.9 Å². The van der Waals surface area contributed by atoms with Gasteiger partial charge in [-0.1, -0.05) is 42.1 Å². The Morgan fingerprint density at radius 1 is 1.13 bits per heavy atom. The molecule has 0 atom stereocenters. The van der Waals surface area contributed by atoms with Crippen molar-refractivity contribution in [2.24, 2.45) is 0 Å². The first-order valence-corrected chi connectivity index (χ1v) is 8.68. The van der Waals surface area contributed by atoms with Gasteiger partial charge in [0.05, 0.1) is 11.4 Å². The quantitative estimate of drug-likeness (QED) is 0.635. The van der Waals surface area contributed by atoms with Gasteiger partial charge in [-0.25, -0.2) is 9.97 Å². The monoisotopic (exact) mass is 328 g/mol. The Morgan fingerprint density at radius 3 is 2.61 bits per heavy atom. The molecule has 2 aromatic rings. The number of nitrogens with zero attached hydrogens (tertiary/aromatic N) is 4. The molecule has 1 aromatic heterocycles. The summed E-state index contributed by atoms with van der Waals surface area (Å²) >= 11 is 1.40. The first-order valence-electron chi connectivity index (χ1n) is 7.70. The van der Waals surface area contributed by atoms with E-state index in [1.54, 1.807) is 6.20 Å². The number of rotatable bonds is 4. The van der Waals surface area contributed by atoms with Gasteiger partial charge in [0.2, 0.25) is 5.91 Å². The van der Waals surface area contributed by atoms with Crippen molar-refractivity contribution >= 4 is 17.7 Å². The molecule has 23 heavy (non-hydrogen) atoms. The lowest BCUT2D eigenvalue weighted by molar-refractivity contribution is -0.129. The van der Waals surface area contributed by atoms with Crippen LogP contribution in [0.3, 0.4) is 0 Å². The zero-order valence-electron chi connectivity index (χ0n) is 13.2. The van der Waals surface area contributed by atoms with Crippen molar-refractivity contribution in [1.29, 1.82) is 0 Å². The van der Waals surface area contributed by atoms with E-state index in [1.165, 1.54) is 11.8 Å². The van der Waals surface area contributed by atoms with Gasteiger partial charge in [-0.3, -0.25) is 4.79 Å². The van der Waals surface area contributed by atoms with E-state index in [9.17, 15) is 4.79 Å². The van der Waals surface area contributed by atoms with Gasteiger partial charge >= 0.3 is 0 Å². The molecule has 6 heteroatoms. The van der Waals surface area contributed by atoms with Crippen molar-refractivity contribution < 1.29 is 4.79 Å². The Kier molecular flexibility index (Phi) is 5.25. The number of amides is 1. The molecule has 5 nitrogen and oxygen atoms in total. The maximum Gasteiger partial charge on any atom is 0.233 e. The Morgan fingerprint density at radius 2 is 1.87 bits per heavy atom. The molecule has 0 saturated carbocycles. The van der Waals surface area contributed by atoms with E-state index in [2.05, 4.69) is 21.9 Å². The molecule has 1 aromatic carbocycles. The maximum absolute atomic E-state index is 12.3. The number of likely N-dealkylation sites (N-methyl/N-ethyl adjacent to an activating group) is 1. The molecule has 1 aliphatic rings. The van der Waals surface area contributed by atoms with Gasteiger partial charge in [-0.05, 0) is 13.1 Å². The van der Waals surface area contributed by atoms with E-state index >= 15 is 0 Å². The van der Waals surface area contributed by atoms with Gasteiger partial charge in [0.1, 0.15) is 0 Å². The van der Waals surface area contributed by atoms with Crippen LogP contribution in [0.15, 0.2) is 47.8 Å². The van der Waals surface area contributed by atoms with Gasteiger partial charge in [0, 0.05) is 37.9 Å². The molecular formula is C17H20N4OS. The Labute approximate surface area is 140 Å². The second kappa shape index (κ2) is 7.57. The van der Waals surface area contributed by atoms with Crippen molar-refractivity contribution in [2.75, 3.05) is 39.0 Å². The Hall–Kier alpha value is -1.92. The molecule has 120 valence electrons. The lowest BCUT2D eigenvalue weighted by Crippen LogP contribution is -2.47. The Bertz CT molecular complexity index is 657. The number of hydrogen-bond donors (Lipinski definition) is 0. The largest absolute Gasteiger partial charge is 0.339 e. The fourth-order valence-corrected chi connectivity index (χ4v) is 3.19. The molecule has 1 aliphatic heterocycles. The van der Waals surface area contributed by atoms with E-state index in [1.807, 2.05) is 41.3 Å². The molecular weight excluding hydrogens is 308 g/mol. The number of benzene rings is 1. The summed E-state index contributed by atoms with van der Waals surface area (Å²) in [6.45, 7) is 3.49. The summed E-state index contributed by atoms with van der Waals surface area (Å²) in [7, 11) is 2.08. The topological polar surface area (TPSA) is 49.3 Å². The molecule has 0 unspecified atom stereocenters. The van der Waals surface area contributed by atoms with E-state index < -0.39 is 0 Å². The second-order valence-corrected chi connectivity index (χ2v) is 6.51. The van der Waals surface area contributed by atoms with Crippen LogP contribution in [0.25, 0.3) is 11.3 Å². The predicted octanol–water partition coefficient (Wildman–Crippen LogP) is 2.01. The lowest BCUT2D eigenvalue weighted by Gasteiger charge is -2.32. The first-order chi connectivity index (χ1) is 11.2. The molecule has 0 spiro atoms.